The largest absolute Gasteiger partial charge is 0.328 e. The molecule has 0 atom stereocenters. The molecule has 0 N–H and O–H groups in total. The van der Waals surface area contributed by atoms with Crippen LogP contribution in [0.1, 0.15) is 11.1 Å². The molecule has 0 bridgehead atoms. The molecule has 0 saturated carbocycles. The first-order valence-corrected chi connectivity index (χ1v) is 9.52. The highest BCUT2D eigenvalue weighted by molar-refractivity contribution is 7.87. The van der Waals surface area contributed by atoms with Gasteiger partial charge in [-0.2, -0.15) is 8.42 Å². The van der Waals surface area contributed by atoms with Crippen molar-refractivity contribution in [2.24, 2.45) is 0 Å². The normalized spacial score (nSPS) is 16.3. The van der Waals surface area contributed by atoms with Crippen molar-refractivity contribution in [1.82, 2.24) is 8.61 Å². The van der Waals surface area contributed by atoms with Gasteiger partial charge in [0.2, 0.25) is 0 Å². The van der Waals surface area contributed by atoms with Crippen molar-refractivity contribution in [3.05, 3.63) is 82.0 Å². The van der Waals surface area contributed by atoms with E-state index in [9.17, 15) is 13.2 Å². The Bertz CT molecular complexity index is 910. The lowest BCUT2D eigenvalue weighted by molar-refractivity contribution is -0.122. The average molecular weight is 397 g/mol. The number of carbonyl (C=O) groups excluding carboxylic acids is 1. The van der Waals surface area contributed by atoms with Gasteiger partial charge in [0.15, 0.2) is 0 Å². The van der Waals surface area contributed by atoms with Crippen molar-refractivity contribution in [2.45, 2.75) is 13.1 Å². The van der Waals surface area contributed by atoms with E-state index >= 15 is 0 Å². The van der Waals surface area contributed by atoms with Crippen LogP contribution in [0, 0.1) is 0 Å². The maximum atomic E-state index is 12.8. The monoisotopic (exact) mass is 396 g/mol. The molecule has 25 heavy (non-hydrogen) atoms. The number of carbonyl (C=O) groups is 1. The maximum Gasteiger partial charge on any atom is 0.328 e. The van der Waals surface area contributed by atoms with E-state index in [1.807, 2.05) is 0 Å². The fraction of sp³-hybridized carbons (Fsp3) is 0.118. The molecule has 1 aliphatic heterocycles. The molecular weight excluding hydrogens is 383 g/mol. The second kappa shape index (κ2) is 7.07. The van der Waals surface area contributed by atoms with Gasteiger partial charge >= 0.3 is 10.2 Å². The van der Waals surface area contributed by atoms with Crippen molar-refractivity contribution in [3.63, 3.8) is 0 Å². The molecule has 1 heterocycles. The Morgan fingerprint density at radius 2 is 1.28 bits per heavy atom. The summed E-state index contributed by atoms with van der Waals surface area (Å²) in [6.45, 7) is 0.0557. The van der Waals surface area contributed by atoms with Gasteiger partial charge in [0, 0.05) is 22.3 Å². The third kappa shape index (κ3) is 3.98. The first-order valence-electron chi connectivity index (χ1n) is 7.37. The van der Waals surface area contributed by atoms with E-state index in [0.717, 1.165) is 14.2 Å². The van der Waals surface area contributed by atoms with Gasteiger partial charge < -0.3 is 0 Å². The second-order valence-electron chi connectivity index (χ2n) is 5.47. The van der Waals surface area contributed by atoms with Crippen molar-refractivity contribution in [1.29, 1.82) is 0 Å². The number of hydrogen-bond donors (Lipinski definition) is 0. The maximum absolute atomic E-state index is 12.8. The number of nitrogens with zero attached hydrogens (tertiary/aromatic N) is 2. The Labute approximate surface area is 156 Å². The third-order valence-corrected chi connectivity index (χ3v) is 5.91. The lowest BCUT2D eigenvalue weighted by Gasteiger charge is -2.31. The molecule has 0 aromatic heterocycles. The van der Waals surface area contributed by atoms with E-state index in [-0.39, 0.29) is 13.1 Å². The molecule has 0 fully saturated rings. The average Bonchev–Trinajstić information content (AvgIpc) is 2.58. The highest BCUT2D eigenvalue weighted by atomic mass is 35.5. The smallest absolute Gasteiger partial charge is 0.269 e. The van der Waals surface area contributed by atoms with Gasteiger partial charge in [-0.15, -0.1) is 0 Å². The van der Waals surface area contributed by atoms with Crippen LogP contribution < -0.4 is 0 Å². The molecule has 130 valence electrons. The summed E-state index contributed by atoms with van der Waals surface area (Å²) in [6.07, 6.45) is 2.53. The lowest BCUT2D eigenvalue weighted by atomic mass is 10.2. The van der Waals surface area contributed by atoms with Crippen LogP contribution in [0.25, 0.3) is 0 Å². The Balaban J connectivity index is 1.84. The van der Waals surface area contributed by atoms with E-state index in [1.54, 1.807) is 48.5 Å². The summed E-state index contributed by atoms with van der Waals surface area (Å²) < 4.78 is 27.6. The van der Waals surface area contributed by atoms with Crippen molar-refractivity contribution < 1.29 is 13.2 Å². The highest BCUT2D eigenvalue weighted by Gasteiger charge is 2.34. The number of rotatable bonds is 4. The predicted molar refractivity (Wildman–Crippen MR) is 97.1 cm³/mol. The molecule has 1 amide bonds. The zero-order valence-corrected chi connectivity index (χ0v) is 15.3. The van der Waals surface area contributed by atoms with E-state index in [0.29, 0.717) is 15.6 Å². The molecule has 3 rings (SSSR count). The quantitative estimate of drug-likeness (QED) is 0.792. The number of amides is 1. The van der Waals surface area contributed by atoms with Crippen LogP contribution in [0.4, 0.5) is 0 Å². The molecule has 1 aliphatic rings. The van der Waals surface area contributed by atoms with E-state index < -0.39 is 16.1 Å². The Kier molecular flexibility index (Phi) is 5.03. The highest BCUT2D eigenvalue weighted by Crippen LogP contribution is 2.22. The Morgan fingerprint density at radius 3 is 1.80 bits per heavy atom. The van der Waals surface area contributed by atoms with Crippen LogP contribution in [0.3, 0.4) is 0 Å². The van der Waals surface area contributed by atoms with E-state index in [4.69, 9.17) is 23.2 Å². The molecule has 0 radical (unpaired) electrons. The molecule has 0 unspecified atom stereocenters. The van der Waals surface area contributed by atoms with Crippen molar-refractivity contribution in [3.8, 4) is 0 Å². The summed E-state index contributed by atoms with van der Waals surface area (Å²) in [5.74, 6) is -0.581. The lowest BCUT2D eigenvalue weighted by Crippen LogP contribution is -2.46. The molecule has 0 saturated heterocycles. The number of halogens is 2. The van der Waals surface area contributed by atoms with Gasteiger partial charge in [-0.05, 0) is 35.4 Å². The van der Waals surface area contributed by atoms with Crippen molar-refractivity contribution >= 4 is 39.3 Å². The first kappa shape index (κ1) is 17.8. The van der Waals surface area contributed by atoms with Crippen LogP contribution in [0.15, 0.2) is 60.8 Å². The summed E-state index contributed by atoms with van der Waals surface area (Å²) in [7, 11) is -3.97. The summed E-state index contributed by atoms with van der Waals surface area (Å²) in [5.41, 5.74) is 1.43. The molecular formula is C17H14Cl2N2O3S. The van der Waals surface area contributed by atoms with Crippen LogP contribution >= 0.6 is 23.2 Å². The van der Waals surface area contributed by atoms with Gasteiger partial charge in [-0.25, -0.2) is 4.31 Å². The minimum absolute atomic E-state index is 0.0558. The first-order chi connectivity index (χ1) is 11.9. The summed E-state index contributed by atoms with van der Waals surface area (Å²) >= 11 is 11.7. The fourth-order valence-electron chi connectivity index (χ4n) is 2.37. The van der Waals surface area contributed by atoms with Crippen molar-refractivity contribution in [2.75, 3.05) is 0 Å². The van der Waals surface area contributed by atoms with E-state index in [2.05, 4.69) is 0 Å². The van der Waals surface area contributed by atoms with Gasteiger partial charge in [-0.1, -0.05) is 47.5 Å². The van der Waals surface area contributed by atoms with Crippen LogP contribution in [0.2, 0.25) is 10.0 Å². The van der Waals surface area contributed by atoms with Gasteiger partial charge in [0.25, 0.3) is 5.91 Å². The third-order valence-electron chi connectivity index (χ3n) is 3.70. The SMILES string of the molecule is O=C1C=CN(Cc2ccc(Cl)cc2)S(=O)(=O)N1Cc1ccc(Cl)cc1. The van der Waals surface area contributed by atoms with Crippen LogP contribution in [0.5, 0.6) is 0 Å². The Morgan fingerprint density at radius 1 is 0.800 bits per heavy atom. The second-order valence-corrected chi connectivity index (χ2v) is 8.14. The predicted octanol–water partition coefficient (Wildman–Crippen LogP) is 3.60. The van der Waals surface area contributed by atoms with Crippen LogP contribution in [-0.4, -0.2) is 22.9 Å². The minimum Gasteiger partial charge on any atom is -0.269 e. The van der Waals surface area contributed by atoms with E-state index in [1.165, 1.54) is 12.3 Å². The van der Waals surface area contributed by atoms with Gasteiger partial charge in [-0.3, -0.25) is 9.10 Å². The Hall–Kier alpha value is -2.02. The number of hydrogen-bond acceptors (Lipinski definition) is 3. The topological polar surface area (TPSA) is 57.7 Å². The molecule has 8 heteroatoms. The molecule has 0 aliphatic carbocycles. The molecule has 2 aromatic carbocycles. The minimum atomic E-state index is -3.97. The van der Waals surface area contributed by atoms with Crippen LogP contribution in [-0.2, 0) is 28.1 Å². The standard InChI is InChI=1S/C17H14Cl2N2O3S/c18-15-5-1-13(2-6-15)11-20-10-9-17(22)21(25(20,23)24)12-14-3-7-16(19)8-4-14/h1-10H,11-12H2. The van der Waals surface area contributed by atoms with Gasteiger partial charge in [0.1, 0.15) is 0 Å². The molecule has 0 spiro atoms. The summed E-state index contributed by atoms with van der Waals surface area (Å²) in [6, 6.07) is 13.5. The summed E-state index contributed by atoms with van der Waals surface area (Å²) in [4.78, 5) is 12.1. The fourth-order valence-corrected chi connectivity index (χ4v) is 4.00. The zero-order valence-electron chi connectivity index (χ0n) is 13.0. The summed E-state index contributed by atoms with van der Waals surface area (Å²) in [5, 5.41) is 1.11. The molecule has 5 nitrogen and oxygen atoms in total. The van der Waals surface area contributed by atoms with Gasteiger partial charge in [0.05, 0.1) is 13.1 Å². The number of benzene rings is 2. The zero-order chi connectivity index (χ0) is 18.0. The molecule has 2 aromatic rings.